The molecule has 11 heteroatoms. The van der Waals surface area contributed by atoms with Gasteiger partial charge in [-0.1, -0.05) is 24.3 Å². The van der Waals surface area contributed by atoms with Crippen molar-refractivity contribution in [2.24, 2.45) is 0 Å². The second-order valence-corrected chi connectivity index (χ2v) is 13.5. The Balaban J connectivity index is 1.53. The largest absolute Gasteiger partial charge is 0.427 e. The quantitative estimate of drug-likeness (QED) is 0.160. The highest BCUT2D eigenvalue weighted by Gasteiger charge is 2.55. The third-order valence-electron chi connectivity index (χ3n) is 9.75. The fourth-order valence-corrected chi connectivity index (χ4v) is 8.09. The van der Waals surface area contributed by atoms with E-state index in [-0.39, 0.29) is 17.5 Å². The Kier molecular flexibility index (Phi) is 9.11. The lowest BCUT2D eigenvalue weighted by Crippen LogP contribution is -2.50. The van der Waals surface area contributed by atoms with Gasteiger partial charge in [0, 0.05) is 76.0 Å². The summed E-state index contributed by atoms with van der Waals surface area (Å²) < 4.78 is 28.5. The molecule has 0 saturated heterocycles. The van der Waals surface area contributed by atoms with E-state index >= 15 is 0 Å². The standard InChI is InChI=1S/C42H37NO10/c1-23(44)49-32-8-6-7-31(18-32)42-21-30-22-43(40(42)17-29-16-34(51-25(3)46)20-39(41(29)42)53-27(5)48)14-13-28-9-11-36(38(15-28)52-26(4)47)35-12-10-33(19-37(30)35)50-24(2)45/h6-12,15-16,18-20,22,40H,13-14,17,21H2,1-5H3/t40-,42+/m0/s1. The predicted molar refractivity (Wildman–Crippen MR) is 193 cm³/mol. The number of benzene rings is 4. The Morgan fingerprint density at radius 1 is 0.623 bits per heavy atom. The smallest absolute Gasteiger partial charge is 0.308 e. The average molecular weight is 716 g/mol. The van der Waals surface area contributed by atoms with Crippen LogP contribution in [-0.2, 0) is 42.2 Å². The van der Waals surface area contributed by atoms with E-state index in [2.05, 4.69) is 11.1 Å². The zero-order chi connectivity index (χ0) is 37.6. The molecule has 0 amide bonds. The SMILES string of the molecule is CC(=O)Oc1cccc([C@]23CC4=CN(CCc5ccc(c(OC(C)=O)c5)-c5ccc(OC(C)=O)cc54)[C@H]2Cc2cc(OC(C)=O)cc(OC(C)=O)c23)c1. The molecule has 8 rings (SSSR count). The number of carbonyl (C=O) groups excluding carboxylic acids is 5. The number of rotatable bonds is 6. The zero-order valence-corrected chi connectivity index (χ0v) is 29.9. The predicted octanol–water partition coefficient (Wildman–Crippen LogP) is 6.49. The number of hydrogen-bond acceptors (Lipinski definition) is 11. The zero-order valence-electron chi connectivity index (χ0n) is 29.9. The Labute approximate surface area is 306 Å². The molecule has 1 aliphatic carbocycles. The number of allylic oxidation sites excluding steroid dienone is 1. The number of fused-ring (bicyclic) bond motifs is 6. The molecule has 0 spiro atoms. The molecule has 0 saturated carbocycles. The van der Waals surface area contributed by atoms with Crippen molar-refractivity contribution in [1.82, 2.24) is 4.90 Å². The van der Waals surface area contributed by atoms with Crippen molar-refractivity contribution in [3.63, 3.8) is 0 Å². The lowest BCUT2D eigenvalue weighted by Gasteiger charge is -2.48. The van der Waals surface area contributed by atoms with Crippen molar-refractivity contribution in [1.29, 1.82) is 0 Å². The Hall–Kier alpha value is -6.23. The second kappa shape index (κ2) is 13.7. The highest BCUT2D eigenvalue weighted by Crippen LogP contribution is 2.59. The normalized spacial score (nSPS) is 17.9. The first-order valence-electron chi connectivity index (χ1n) is 17.2. The molecule has 0 fully saturated rings. The van der Waals surface area contributed by atoms with E-state index in [0.717, 1.165) is 39.0 Å². The van der Waals surface area contributed by atoms with Gasteiger partial charge in [0.2, 0.25) is 0 Å². The molecule has 0 N–H and O–H groups in total. The van der Waals surface area contributed by atoms with Crippen LogP contribution < -0.4 is 23.7 Å². The maximum atomic E-state index is 12.7. The molecular weight excluding hydrogens is 678 g/mol. The van der Waals surface area contributed by atoms with Crippen LogP contribution in [0.15, 0.2) is 79.0 Å². The molecule has 3 heterocycles. The van der Waals surface area contributed by atoms with Crippen molar-refractivity contribution in [3.8, 4) is 39.9 Å². The van der Waals surface area contributed by atoms with Gasteiger partial charge in [-0.3, -0.25) is 24.0 Å². The minimum absolute atomic E-state index is 0.246. The first-order chi connectivity index (χ1) is 25.3. The third-order valence-corrected chi connectivity index (χ3v) is 9.75. The summed E-state index contributed by atoms with van der Waals surface area (Å²) in [6.07, 6.45) is 3.54. The van der Waals surface area contributed by atoms with E-state index in [4.69, 9.17) is 23.7 Å². The third kappa shape index (κ3) is 6.77. The van der Waals surface area contributed by atoms with Crippen molar-refractivity contribution in [2.75, 3.05) is 6.54 Å². The number of ether oxygens (including phenoxy) is 5. The van der Waals surface area contributed by atoms with E-state index < -0.39 is 35.3 Å². The summed E-state index contributed by atoms with van der Waals surface area (Å²) in [4.78, 5) is 63.8. The lowest BCUT2D eigenvalue weighted by molar-refractivity contribution is -0.133. The van der Waals surface area contributed by atoms with Gasteiger partial charge in [0.25, 0.3) is 0 Å². The van der Waals surface area contributed by atoms with Crippen LogP contribution in [0.3, 0.4) is 0 Å². The number of nitrogens with zero attached hydrogens (tertiary/aromatic N) is 1. The monoisotopic (exact) mass is 715 g/mol. The fourth-order valence-electron chi connectivity index (χ4n) is 8.09. The van der Waals surface area contributed by atoms with Crippen molar-refractivity contribution in [2.45, 2.75) is 65.3 Å². The first kappa shape index (κ1) is 35.2. The highest BCUT2D eigenvalue weighted by atomic mass is 16.6. The van der Waals surface area contributed by atoms with Gasteiger partial charge in [0.05, 0.1) is 0 Å². The van der Waals surface area contributed by atoms with Gasteiger partial charge >= 0.3 is 29.8 Å². The summed E-state index contributed by atoms with van der Waals surface area (Å²) >= 11 is 0. The first-order valence-corrected chi connectivity index (χ1v) is 17.2. The summed E-state index contributed by atoms with van der Waals surface area (Å²) in [5, 5.41) is 0. The molecule has 4 bridgehead atoms. The van der Waals surface area contributed by atoms with E-state index in [1.165, 1.54) is 34.6 Å². The summed E-state index contributed by atoms with van der Waals surface area (Å²) in [5.74, 6) is -0.896. The molecular formula is C42H37NO10. The molecule has 270 valence electrons. The number of hydrogen-bond donors (Lipinski definition) is 0. The molecule has 4 aliphatic rings. The minimum Gasteiger partial charge on any atom is -0.427 e. The van der Waals surface area contributed by atoms with E-state index in [1.54, 1.807) is 24.3 Å². The molecule has 0 radical (unpaired) electrons. The topological polar surface area (TPSA) is 135 Å². The fraction of sp³-hybridized carbons (Fsp3) is 0.262. The second-order valence-electron chi connectivity index (χ2n) is 13.5. The van der Waals surface area contributed by atoms with Crippen molar-refractivity contribution in [3.05, 3.63) is 107 Å². The van der Waals surface area contributed by atoms with Gasteiger partial charge in [-0.2, -0.15) is 0 Å². The van der Waals surface area contributed by atoms with Crippen LogP contribution in [0.5, 0.6) is 28.7 Å². The van der Waals surface area contributed by atoms with Crippen LogP contribution in [0.1, 0.15) is 68.9 Å². The summed E-state index contributed by atoms with van der Waals surface area (Å²) in [7, 11) is 0. The molecule has 2 atom stereocenters. The van der Waals surface area contributed by atoms with Gasteiger partial charge < -0.3 is 28.6 Å². The van der Waals surface area contributed by atoms with Gasteiger partial charge in [0.1, 0.15) is 28.7 Å². The van der Waals surface area contributed by atoms with Crippen LogP contribution in [0.25, 0.3) is 16.7 Å². The average Bonchev–Trinajstić information content (AvgIpc) is 3.40. The highest BCUT2D eigenvalue weighted by molar-refractivity contribution is 5.88. The van der Waals surface area contributed by atoms with E-state index in [0.29, 0.717) is 48.6 Å². The van der Waals surface area contributed by atoms with Crippen LogP contribution in [0.4, 0.5) is 0 Å². The van der Waals surface area contributed by atoms with Gasteiger partial charge in [-0.15, -0.1) is 0 Å². The molecule has 11 nitrogen and oxygen atoms in total. The van der Waals surface area contributed by atoms with Gasteiger partial charge in [-0.05, 0) is 95.1 Å². The van der Waals surface area contributed by atoms with E-state index in [1.807, 2.05) is 48.5 Å². The van der Waals surface area contributed by atoms with Gasteiger partial charge in [-0.25, -0.2) is 0 Å². The van der Waals surface area contributed by atoms with Crippen molar-refractivity contribution >= 4 is 35.4 Å². The number of carbonyl (C=O) groups is 5. The van der Waals surface area contributed by atoms with Crippen molar-refractivity contribution < 1.29 is 47.7 Å². The molecule has 0 aromatic heterocycles. The van der Waals surface area contributed by atoms with Crippen LogP contribution in [0.2, 0.25) is 0 Å². The van der Waals surface area contributed by atoms with E-state index in [9.17, 15) is 24.0 Å². The Bertz CT molecular complexity index is 2250. The summed E-state index contributed by atoms with van der Waals surface area (Å²) in [6.45, 7) is 7.19. The molecule has 3 aliphatic heterocycles. The maximum absolute atomic E-state index is 12.7. The summed E-state index contributed by atoms with van der Waals surface area (Å²) in [6, 6.07) is 21.6. The van der Waals surface area contributed by atoms with Gasteiger partial charge in [0.15, 0.2) is 0 Å². The lowest BCUT2D eigenvalue weighted by atomic mass is 9.65. The molecule has 4 aromatic carbocycles. The van der Waals surface area contributed by atoms with Crippen LogP contribution in [0, 0.1) is 0 Å². The van der Waals surface area contributed by atoms with Crippen LogP contribution >= 0.6 is 0 Å². The van der Waals surface area contributed by atoms with Crippen LogP contribution in [-0.4, -0.2) is 47.3 Å². The Morgan fingerprint density at radius 3 is 1.96 bits per heavy atom. The minimum atomic E-state index is -0.925. The Morgan fingerprint density at radius 2 is 1.26 bits per heavy atom. The summed E-state index contributed by atoms with van der Waals surface area (Å²) in [5.41, 5.74) is 5.37. The maximum Gasteiger partial charge on any atom is 0.308 e. The molecule has 4 aromatic rings. The number of esters is 5. The molecule has 53 heavy (non-hydrogen) atoms. The molecule has 0 unspecified atom stereocenters.